The van der Waals surface area contributed by atoms with Gasteiger partial charge in [0.2, 0.25) is 0 Å². The van der Waals surface area contributed by atoms with Crippen LogP contribution in [-0.4, -0.2) is 32.6 Å². The molecule has 0 aliphatic carbocycles. The van der Waals surface area contributed by atoms with E-state index < -0.39 is 24.2 Å². The molecule has 0 atom stereocenters. The molecular weight excluding hydrogens is 327 g/mol. The Balaban J connectivity index is 1.97. The normalized spacial score (nSPS) is 10.5. The first-order valence-corrected chi connectivity index (χ1v) is 7.39. The van der Waals surface area contributed by atoms with E-state index in [2.05, 4.69) is 0 Å². The predicted octanol–water partition coefficient (Wildman–Crippen LogP) is 3.28. The molecule has 0 heterocycles. The van der Waals surface area contributed by atoms with Crippen LogP contribution in [0.3, 0.4) is 0 Å². The Hall–Kier alpha value is -3.15. The van der Waals surface area contributed by atoms with Crippen molar-refractivity contribution in [2.24, 2.45) is 0 Å². The Morgan fingerprint density at radius 3 is 2.40 bits per heavy atom. The summed E-state index contributed by atoms with van der Waals surface area (Å²) in [7, 11) is 3.05. The van der Waals surface area contributed by atoms with Gasteiger partial charge in [-0.15, -0.1) is 0 Å². The quantitative estimate of drug-likeness (QED) is 0.438. The molecule has 0 radical (unpaired) electrons. The lowest BCUT2D eigenvalue weighted by Gasteiger charge is -2.07. The van der Waals surface area contributed by atoms with Gasteiger partial charge in [0.25, 0.3) is 0 Å². The highest BCUT2D eigenvalue weighted by Crippen LogP contribution is 2.25. The highest BCUT2D eigenvalue weighted by Gasteiger charge is 2.09. The summed E-state index contributed by atoms with van der Waals surface area (Å²) >= 11 is 0. The number of hydrogen-bond acceptors (Lipinski definition) is 5. The van der Waals surface area contributed by atoms with E-state index in [0.717, 1.165) is 0 Å². The maximum atomic E-state index is 12.8. The van der Waals surface area contributed by atoms with Gasteiger partial charge in [0.15, 0.2) is 12.4 Å². The fourth-order valence-electron chi connectivity index (χ4n) is 2.03. The number of hydrogen-bond donors (Lipinski definition) is 0. The number of benzene rings is 2. The second kappa shape index (κ2) is 8.63. The number of carbonyl (C=O) groups is 2. The van der Waals surface area contributed by atoms with Gasteiger partial charge in [0, 0.05) is 17.2 Å². The summed E-state index contributed by atoms with van der Waals surface area (Å²) in [6.45, 7) is -0.427. The summed E-state index contributed by atoms with van der Waals surface area (Å²) < 4.78 is 28.0. The molecule has 130 valence electrons. The number of carbonyl (C=O) groups excluding carboxylic acids is 2. The number of ether oxygens (including phenoxy) is 3. The molecule has 6 heteroatoms. The second-order valence-electron chi connectivity index (χ2n) is 4.98. The molecule has 0 spiro atoms. The van der Waals surface area contributed by atoms with Crippen LogP contribution in [0, 0.1) is 5.82 Å². The van der Waals surface area contributed by atoms with Crippen molar-refractivity contribution >= 4 is 17.8 Å². The van der Waals surface area contributed by atoms with E-state index in [4.69, 9.17) is 14.2 Å². The first-order valence-electron chi connectivity index (χ1n) is 7.39. The van der Waals surface area contributed by atoms with Crippen LogP contribution < -0.4 is 9.47 Å². The summed E-state index contributed by atoms with van der Waals surface area (Å²) in [5.41, 5.74) is 0.899. The van der Waals surface area contributed by atoms with Gasteiger partial charge in [0.05, 0.1) is 14.2 Å². The third-order valence-corrected chi connectivity index (χ3v) is 3.35. The Labute approximate surface area is 144 Å². The Morgan fingerprint density at radius 2 is 1.76 bits per heavy atom. The van der Waals surface area contributed by atoms with Gasteiger partial charge in [-0.2, -0.15) is 0 Å². The predicted molar refractivity (Wildman–Crippen MR) is 90.3 cm³/mol. The second-order valence-corrected chi connectivity index (χ2v) is 4.98. The van der Waals surface area contributed by atoms with E-state index in [1.54, 1.807) is 18.2 Å². The highest BCUT2D eigenvalue weighted by molar-refractivity contribution is 5.98. The lowest BCUT2D eigenvalue weighted by atomic mass is 10.1. The van der Waals surface area contributed by atoms with Gasteiger partial charge >= 0.3 is 5.97 Å². The Kier molecular flexibility index (Phi) is 6.28. The number of esters is 1. The van der Waals surface area contributed by atoms with Crippen LogP contribution in [0.4, 0.5) is 4.39 Å². The summed E-state index contributed by atoms with van der Waals surface area (Å²) in [4.78, 5) is 23.6. The van der Waals surface area contributed by atoms with Gasteiger partial charge in [-0.25, -0.2) is 9.18 Å². The first-order chi connectivity index (χ1) is 12.0. The Morgan fingerprint density at radius 1 is 1.04 bits per heavy atom. The standard InChI is InChI=1S/C19H17FO5/c1-23-16-8-9-18(24-2)14(11-16)5-10-19(22)25-12-17(21)13-3-6-15(20)7-4-13/h3-11H,12H2,1-2H3/b10-5+. The lowest BCUT2D eigenvalue weighted by molar-refractivity contribution is -0.136. The van der Waals surface area contributed by atoms with Gasteiger partial charge < -0.3 is 14.2 Å². The van der Waals surface area contributed by atoms with Crippen LogP contribution >= 0.6 is 0 Å². The molecule has 0 saturated heterocycles. The average molecular weight is 344 g/mol. The molecule has 0 unspecified atom stereocenters. The van der Waals surface area contributed by atoms with Gasteiger partial charge in [0.1, 0.15) is 17.3 Å². The van der Waals surface area contributed by atoms with Gasteiger partial charge in [-0.3, -0.25) is 4.79 Å². The largest absolute Gasteiger partial charge is 0.497 e. The van der Waals surface area contributed by atoms with Crippen LogP contribution in [0.1, 0.15) is 15.9 Å². The zero-order valence-corrected chi connectivity index (χ0v) is 13.8. The molecule has 0 aromatic heterocycles. The van der Waals surface area contributed by atoms with Crippen molar-refractivity contribution in [3.63, 3.8) is 0 Å². The molecule has 0 aliphatic heterocycles. The van der Waals surface area contributed by atoms with Gasteiger partial charge in [-0.1, -0.05) is 0 Å². The molecule has 2 aromatic carbocycles. The lowest BCUT2D eigenvalue weighted by Crippen LogP contribution is -2.12. The fourth-order valence-corrected chi connectivity index (χ4v) is 2.03. The molecular formula is C19H17FO5. The van der Waals surface area contributed by atoms with E-state index in [1.165, 1.54) is 50.6 Å². The van der Waals surface area contributed by atoms with Crippen LogP contribution in [-0.2, 0) is 9.53 Å². The van der Waals surface area contributed by atoms with E-state index in [-0.39, 0.29) is 5.56 Å². The topological polar surface area (TPSA) is 61.8 Å². The summed E-state index contributed by atoms with van der Waals surface area (Å²) in [5.74, 6) is -0.364. The number of methoxy groups -OCH3 is 2. The minimum Gasteiger partial charge on any atom is -0.497 e. The third-order valence-electron chi connectivity index (χ3n) is 3.35. The molecule has 0 N–H and O–H groups in total. The fraction of sp³-hybridized carbons (Fsp3) is 0.158. The molecule has 0 saturated carbocycles. The maximum absolute atomic E-state index is 12.8. The molecule has 2 aromatic rings. The first kappa shape index (κ1) is 18.2. The molecule has 25 heavy (non-hydrogen) atoms. The number of rotatable bonds is 7. The molecule has 5 nitrogen and oxygen atoms in total. The third kappa shape index (κ3) is 5.17. The smallest absolute Gasteiger partial charge is 0.331 e. The zero-order chi connectivity index (χ0) is 18.2. The molecule has 2 rings (SSSR count). The summed E-state index contributed by atoms with van der Waals surface area (Å²) in [5, 5.41) is 0. The summed E-state index contributed by atoms with van der Waals surface area (Å²) in [6.07, 6.45) is 2.70. The monoisotopic (exact) mass is 344 g/mol. The van der Waals surface area contributed by atoms with Gasteiger partial charge in [-0.05, 0) is 48.5 Å². The number of ketones is 1. The van der Waals surface area contributed by atoms with Crippen LogP contribution in [0.5, 0.6) is 11.5 Å². The van der Waals surface area contributed by atoms with Crippen molar-refractivity contribution in [2.45, 2.75) is 0 Å². The summed E-state index contributed by atoms with van der Waals surface area (Å²) in [6, 6.07) is 10.2. The van der Waals surface area contributed by atoms with Crippen molar-refractivity contribution in [2.75, 3.05) is 20.8 Å². The molecule has 0 fully saturated rings. The highest BCUT2D eigenvalue weighted by atomic mass is 19.1. The minimum absolute atomic E-state index is 0.271. The SMILES string of the molecule is COc1ccc(OC)c(/C=C/C(=O)OCC(=O)c2ccc(F)cc2)c1. The van der Waals surface area contributed by atoms with Crippen molar-refractivity contribution in [1.29, 1.82) is 0 Å². The van der Waals surface area contributed by atoms with Crippen LogP contribution in [0.15, 0.2) is 48.5 Å². The average Bonchev–Trinajstić information content (AvgIpc) is 2.64. The van der Waals surface area contributed by atoms with E-state index in [9.17, 15) is 14.0 Å². The van der Waals surface area contributed by atoms with E-state index in [0.29, 0.717) is 17.1 Å². The van der Waals surface area contributed by atoms with Crippen molar-refractivity contribution < 1.29 is 28.2 Å². The van der Waals surface area contributed by atoms with Crippen LogP contribution in [0.2, 0.25) is 0 Å². The minimum atomic E-state index is -0.680. The molecule has 0 amide bonds. The molecule has 0 aliphatic rings. The maximum Gasteiger partial charge on any atom is 0.331 e. The van der Waals surface area contributed by atoms with Crippen molar-refractivity contribution in [1.82, 2.24) is 0 Å². The Bertz CT molecular complexity index is 781. The number of Topliss-reactive ketones (excluding diaryl/α,β-unsaturated/α-hetero) is 1. The number of halogens is 1. The zero-order valence-electron chi connectivity index (χ0n) is 13.8. The van der Waals surface area contributed by atoms with Crippen LogP contribution in [0.25, 0.3) is 6.08 Å². The van der Waals surface area contributed by atoms with Crippen molar-refractivity contribution in [3.05, 3.63) is 65.5 Å². The van der Waals surface area contributed by atoms with Crippen molar-refractivity contribution in [3.8, 4) is 11.5 Å². The van der Waals surface area contributed by atoms with E-state index in [1.807, 2.05) is 0 Å². The van der Waals surface area contributed by atoms with E-state index >= 15 is 0 Å². The molecule has 0 bridgehead atoms.